The standard InChI is InChI=1S/C15H13Cl2NOS/c16-12-3-1-11(2-4-12)9-20-10-15(19)18-14-7-5-13(17)6-8-14/h1-8H,9-10H2,(H,18,19). The highest BCUT2D eigenvalue weighted by Gasteiger charge is 2.03. The van der Waals surface area contributed by atoms with E-state index in [2.05, 4.69) is 5.32 Å². The Balaban J connectivity index is 1.75. The van der Waals surface area contributed by atoms with E-state index in [0.717, 1.165) is 22.0 Å². The second-order valence-electron chi connectivity index (χ2n) is 4.17. The number of anilines is 1. The molecule has 1 N–H and O–H groups in total. The van der Waals surface area contributed by atoms with Crippen molar-refractivity contribution in [3.05, 3.63) is 64.1 Å². The number of carbonyl (C=O) groups excluding carboxylic acids is 1. The Morgan fingerprint density at radius 3 is 2.10 bits per heavy atom. The molecule has 0 bridgehead atoms. The molecule has 1 amide bonds. The number of amides is 1. The van der Waals surface area contributed by atoms with E-state index in [4.69, 9.17) is 23.2 Å². The second-order valence-corrected chi connectivity index (χ2v) is 6.03. The highest BCUT2D eigenvalue weighted by atomic mass is 35.5. The molecular formula is C15H13Cl2NOS. The molecule has 0 aliphatic rings. The first-order valence-corrected chi connectivity index (χ1v) is 7.92. The predicted octanol–water partition coefficient (Wildman–Crippen LogP) is 4.87. The van der Waals surface area contributed by atoms with Crippen LogP contribution in [0.4, 0.5) is 5.69 Å². The molecule has 0 unspecified atom stereocenters. The number of hydrogen-bond donors (Lipinski definition) is 1. The normalized spacial score (nSPS) is 10.3. The fourth-order valence-corrected chi connectivity index (χ4v) is 2.61. The number of rotatable bonds is 5. The second kappa shape index (κ2) is 7.58. The van der Waals surface area contributed by atoms with Crippen LogP contribution in [0.1, 0.15) is 5.56 Å². The van der Waals surface area contributed by atoms with Crippen molar-refractivity contribution in [1.82, 2.24) is 0 Å². The van der Waals surface area contributed by atoms with Crippen LogP contribution in [0.15, 0.2) is 48.5 Å². The summed E-state index contributed by atoms with van der Waals surface area (Å²) < 4.78 is 0. The molecule has 2 nitrogen and oxygen atoms in total. The lowest BCUT2D eigenvalue weighted by molar-refractivity contribution is -0.113. The fraction of sp³-hybridized carbons (Fsp3) is 0.133. The SMILES string of the molecule is O=C(CSCc1ccc(Cl)cc1)Nc1ccc(Cl)cc1. The third-order valence-corrected chi connectivity index (χ3v) is 4.05. The quantitative estimate of drug-likeness (QED) is 0.850. The van der Waals surface area contributed by atoms with E-state index in [1.165, 1.54) is 0 Å². The molecule has 0 aliphatic carbocycles. The van der Waals surface area contributed by atoms with E-state index in [-0.39, 0.29) is 5.91 Å². The van der Waals surface area contributed by atoms with Crippen LogP contribution in [-0.4, -0.2) is 11.7 Å². The highest BCUT2D eigenvalue weighted by molar-refractivity contribution is 7.99. The summed E-state index contributed by atoms with van der Waals surface area (Å²) in [6.07, 6.45) is 0. The lowest BCUT2D eigenvalue weighted by Gasteiger charge is -2.05. The third kappa shape index (κ3) is 5.08. The van der Waals surface area contributed by atoms with Gasteiger partial charge >= 0.3 is 0 Å². The zero-order valence-electron chi connectivity index (χ0n) is 10.6. The third-order valence-electron chi connectivity index (χ3n) is 2.54. The molecule has 0 spiro atoms. The summed E-state index contributed by atoms with van der Waals surface area (Å²) in [7, 11) is 0. The monoisotopic (exact) mass is 325 g/mol. The minimum Gasteiger partial charge on any atom is -0.325 e. The Morgan fingerprint density at radius 2 is 1.50 bits per heavy atom. The number of hydrogen-bond acceptors (Lipinski definition) is 2. The maximum Gasteiger partial charge on any atom is 0.234 e. The van der Waals surface area contributed by atoms with E-state index < -0.39 is 0 Å². The molecule has 0 radical (unpaired) electrons. The van der Waals surface area contributed by atoms with Gasteiger partial charge in [-0.25, -0.2) is 0 Å². The van der Waals surface area contributed by atoms with E-state index in [0.29, 0.717) is 10.8 Å². The largest absolute Gasteiger partial charge is 0.325 e. The summed E-state index contributed by atoms with van der Waals surface area (Å²) >= 11 is 13.2. The summed E-state index contributed by atoms with van der Waals surface area (Å²) in [5.41, 5.74) is 1.91. The van der Waals surface area contributed by atoms with Gasteiger partial charge in [0.1, 0.15) is 0 Å². The summed E-state index contributed by atoms with van der Waals surface area (Å²) in [5.74, 6) is 1.17. The topological polar surface area (TPSA) is 29.1 Å². The number of thioether (sulfide) groups is 1. The van der Waals surface area contributed by atoms with Gasteiger partial charge in [-0.15, -0.1) is 11.8 Å². The number of nitrogens with one attached hydrogen (secondary N) is 1. The van der Waals surface area contributed by atoms with Crippen molar-refractivity contribution in [2.45, 2.75) is 5.75 Å². The lowest BCUT2D eigenvalue weighted by Crippen LogP contribution is -2.14. The van der Waals surface area contributed by atoms with E-state index in [9.17, 15) is 4.79 Å². The molecule has 2 rings (SSSR count). The Hall–Kier alpha value is -1.16. The Kier molecular flexibility index (Phi) is 5.77. The van der Waals surface area contributed by atoms with Crippen LogP contribution < -0.4 is 5.32 Å². The van der Waals surface area contributed by atoms with Crippen molar-refractivity contribution in [2.24, 2.45) is 0 Å². The van der Waals surface area contributed by atoms with Crippen LogP contribution in [0, 0.1) is 0 Å². The first-order valence-electron chi connectivity index (χ1n) is 6.01. The molecule has 2 aromatic rings. The molecule has 0 atom stereocenters. The van der Waals surface area contributed by atoms with Gasteiger partial charge in [0.2, 0.25) is 5.91 Å². The fourth-order valence-electron chi connectivity index (χ4n) is 1.57. The smallest absolute Gasteiger partial charge is 0.234 e. The van der Waals surface area contributed by atoms with Crippen molar-refractivity contribution < 1.29 is 4.79 Å². The van der Waals surface area contributed by atoms with Gasteiger partial charge in [0.05, 0.1) is 5.75 Å². The summed E-state index contributed by atoms with van der Waals surface area (Å²) in [5, 5.41) is 4.20. The molecule has 0 aromatic heterocycles. The summed E-state index contributed by atoms with van der Waals surface area (Å²) in [4.78, 5) is 11.8. The minimum atomic E-state index is -0.0220. The molecule has 2 aromatic carbocycles. The molecule has 0 aliphatic heterocycles. The molecule has 104 valence electrons. The van der Waals surface area contributed by atoms with Crippen LogP contribution in [0.5, 0.6) is 0 Å². The maximum absolute atomic E-state index is 11.8. The van der Waals surface area contributed by atoms with Crippen LogP contribution in [0.3, 0.4) is 0 Å². The molecule has 0 heterocycles. The van der Waals surface area contributed by atoms with E-state index in [1.807, 2.05) is 24.3 Å². The molecule has 5 heteroatoms. The van der Waals surface area contributed by atoms with Crippen LogP contribution in [0.25, 0.3) is 0 Å². The van der Waals surface area contributed by atoms with Gasteiger partial charge in [0, 0.05) is 21.5 Å². The zero-order chi connectivity index (χ0) is 14.4. The first-order chi connectivity index (χ1) is 9.63. The highest BCUT2D eigenvalue weighted by Crippen LogP contribution is 2.17. The molecule has 0 fully saturated rings. The predicted molar refractivity (Wildman–Crippen MR) is 87.7 cm³/mol. The molecule has 0 saturated carbocycles. The average Bonchev–Trinajstić information content (AvgIpc) is 2.44. The molecule has 20 heavy (non-hydrogen) atoms. The van der Waals surface area contributed by atoms with Crippen molar-refractivity contribution in [1.29, 1.82) is 0 Å². The van der Waals surface area contributed by atoms with Gasteiger partial charge in [0.15, 0.2) is 0 Å². The van der Waals surface area contributed by atoms with Crippen LogP contribution in [0.2, 0.25) is 10.0 Å². The Labute approximate surface area is 132 Å². The van der Waals surface area contributed by atoms with Gasteiger partial charge < -0.3 is 5.32 Å². The number of halogens is 2. The number of benzene rings is 2. The molecule has 0 saturated heterocycles. The van der Waals surface area contributed by atoms with E-state index >= 15 is 0 Å². The maximum atomic E-state index is 11.8. The van der Waals surface area contributed by atoms with Crippen LogP contribution in [-0.2, 0) is 10.5 Å². The Bertz CT molecular complexity index is 569. The summed E-state index contributed by atoms with van der Waals surface area (Å²) in [6.45, 7) is 0. The van der Waals surface area contributed by atoms with Crippen molar-refractivity contribution in [2.75, 3.05) is 11.1 Å². The Morgan fingerprint density at radius 1 is 0.950 bits per heavy atom. The van der Waals surface area contributed by atoms with Crippen molar-refractivity contribution in [3.8, 4) is 0 Å². The van der Waals surface area contributed by atoms with Crippen LogP contribution >= 0.6 is 35.0 Å². The zero-order valence-corrected chi connectivity index (χ0v) is 12.9. The van der Waals surface area contributed by atoms with Gasteiger partial charge in [-0.05, 0) is 42.0 Å². The van der Waals surface area contributed by atoms with Gasteiger partial charge in [-0.2, -0.15) is 0 Å². The number of carbonyl (C=O) groups is 1. The minimum absolute atomic E-state index is 0.0220. The van der Waals surface area contributed by atoms with Crippen molar-refractivity contribution in [3.63, 3.8) is 0 Å². The summed E-state index contributed by atoms with van der Waals surface area (Å²) in [6, 6.07) is 14.7. The lowest BCUT2D eigenvalue weighted by atomic mass is 10.2. The molecular weight excluding hydrogens is 313 g/mol. The van der Waals surface area contributed by atoms with Gasteiger partial charge in [-0.1, -0.05) is 35.3 Å². The average molecular weight is 326 g/mol. The van der Waals surface area contributed by atoms with Gasteiger partial charge in [-0.3, -0.25) is 4.79 Å². The van der Waals surface area contributed by atoms with Gasteiger partial charge in [0.25, 0.3) is 0 Å². The first kappa shape index (κ1) is 15.2. The van der Waals surface area contributed by atoms with Crippen molar-refractivity contribution >= 4 is 46.6 Å². The van der Waals surface area contributed by atoms with E-state index in [1.54, 1.807) is 36.0 Å².